The maximum atomic E-state index is 5.71. The van der Waals surface area contributed by atoms with Crippen LogP contribution in [0.25, 0.3) is 0 Å². The molecule has 1 aliphatic rings. The summed E-state index contributed by atoms with van der Waals surface area (Å²) in [5.41, 5.74) is 6.87. The summed E-state index contributed by atoms with van der Waals surface area (Å²) in [6.07, 6.45) is 1.91. The van der Waals surface area contributed by atoms with Gasteiger partial charge in [0.2, 0.25) is 0 Å². The van der Waals surface area contributed by atoms with E-state index in [1.54, 1.807) is 0 Å². The summed E-state index contributed by atoms with van der Waals surface area (Å²) in [6.45, 7) is 7.92. The van der Waals surface area contributed by atoms with E-state index in [-0.39, 0.29) is 6.04 Å². The first-order chi connectivity index (χ1) is 8.99. The first-order valence-electron chi connectivity index (χ1n) is 6.39. The molecule has 1 aromatic rings. The van der Waals surface area contributed by atoms with Crippen molar-refractivity contribution in [2.75, 3.05) is 31.1 Å². The summed E-state index contributed by atoms with van der Waals surface area (Å²) in [5, 5.41) is 0. The normalized spacial score (nSPS) is 18.4. The first kappa shape index (κ1) is 14.7. The van der Waals surface area contributed by atoms with Crippen molar-refractivity contribution < 1.29 is 0 Å². The van der Waals surface area contributed by atoms with Gasteiger partial charge >= 0.3 is 0 Å². The van der Waals surface area contributed by atoms with E-state index in [9.17, 15) is 0 Å². The highest BCUT2D eigenvalue weighted by molar-refractivity contribution is 9.10. The van der Waals surface area contributed by atoms with Crippen molar-refractivity contribution in [1.82, 2.24) is 9.88 Å². The third kappa shape index (κ3) is 3.43. The maximum Gasteiger partial charge on any atom is 0.142 e. The van der Waals surface area contributed by atoms with Gasteiger partial charge < -0.3 is 10.6 Å². The van der Waals surface area contributed by atoms with Crippen molar-refractivity contribution in [3.05, 3.63) is 22.3 Å². The van der Waals surface area contributed by atoms with Crippen LogP contribution >= 0.6 is 28.1 Å². The number of anilines is 1. The Bertz CT molecular complexity index is 472. The van der Waals surface area contributed by atoms with Gasteiger partial charge in [0.1, 0.15) is 5.82 Å². The highest BCUT2D eigenvalue weighted by Crippen LogP contribution is 2.25. The number of hydrogen-bond acceptors (Lipinski definition) is 4. The van der Waals surface area contributed by atoms with Crippen molar-refractivity contribution in [2.45, 2.75) is 19.9 Å². The number of thiocarbonyl (C=S) groups is 1. The third-order valence-corrected chi connectivity index (χ3v) is 4.46. The zero-order valence-electron chi connectivity index (χ0n) is 11.3. The zero-order chi connectivity index (χ0) is 14.0. The average molecular weight is 343 g/mol. The molecule has 1 aromatic heterocycles. The van der Waals surface area contributed by atoms with Gasteiger partial charge in [-0.1, -0.05) is 12.2 Å². The van der Waals surface area contributed by atoms with Crippen LogP contribution in [0.4, 0.5) is 5.82 Å². The molecule has 19 heavy (non-hydrogen) atoms. The number of rotatable bonds is 3. The highest BCUT2D eigenvalue weighted by Gasteiger charge is 2.23. The van der Waals surface area contributed by atoms with E-state index in [4.69, 9.17) is 18.0 Å². The summed E-state index contributed by atoms with van der Waals surface area (Å²) in [4.78, 5) is 9.71. The summed E-state index contributed by atoms with van der Waals surface area (Å²) in [5.74, 6) is 1.02. The van der Waals surface area contributed by atoms with E-state index in [0.717, 1.165) is 42.0 Å². The minimum Gasteiger partial charge on any atom is -0.392 e. The Kier molecular flexibility index (Phi) is 4.76. The van der Waals surface area contributed by atoms with Crippen LogP contribution < -0.4 is 10.6 Å². The number of nitrogens with zero attached hydrogens (tertiary/aromatic N) is 3. The van der Waals surface area contributed by atoms with Gasteiger partial charge in [-0.3, -0.25) is 4.90 Å². The van der Waals surface area contributed by atoms with Gasteiger partial charge in [-0.05, 0) is 41.4 Å². The summed E-state index contributed by atoms with van der Waals surface area (Å²) < 4.78 is 1.06. The molecule has 1 saturated heterocycles. The SMILES string of the molecule is Cc1cnc(N2CCN(C(C)C(N)=S)CC2)c(Br)c1. The topological polar surface area (TPSA) is 45.4 Å². The zero-order valence-corrected chi connectivity index (χ0v) is 13.7. The minimum atomic E-state index is 0.173. The second-order valence-corrected chi connectivity index (χ2v) is 6.25. The Hall–Kier alpha value is -0.720. The van der Waals surface area contributed by atoms with E-state index >= 15 is 0 Å². The molecule has 0 bridgehead atoms. The Morgan fingerprint density at radius 3 is 2.58 bits per heavy atom. The second-order valence-electron chi connectivity index (χ2n) is 4.92. The van der Waals surface area contributed by atoms with Crippen LogP contribution in [-0.2, 0) is 0 Å². The van der Waals surface area contributed by atoms with E-state index in [2.05, 4.69) is 43.7 Å². The Morgan fingerprint density at radius 1 is 1.42 bits per heavy atom. The largest absolute Gasteiger partial charge is 0.392 e. The van der Waals surface area contributed by atoms with Crippen LogP contribution in [0, 0.1) is 6.92 Å². The fourth-order valence-electron chi connectivity index (χ4n) is 2.26. The Balaban J connectivity index is 2.02. The second kappa shape index (κ2) is 6.15. The van der Waals surface area contributed by atoms with Crippen LogP contribution in [-0.4, -0.2) is 47.1 Å². The number of piperazine rings is 1. The van der Waals surface area contributed by atoms with Crippen molar-refractivity contribution in [1.29, 1.82) is 0 Å². The molecule has 0 amide bonds. The van der Waals surface area contributed by atoms with E-state index < -0.39 is 0 Å². The molecular weight excluding hydrogens is 324 g/mol. The lowest BCUT2D eigenvalue weighted by Crippen LogP contribution is -2.53. The molecule has 1 aliphatic heterocycles. The minimum absolute atomic E-state index is 0.173. The molecule has 0 aliphatic carbocycles. The molecule has 1 unspecified atom stereocenters. The molecule has 2 N–H and O–H groups in total. The fourth-order valence-corrected chi connectivity index (χ4v) is 3.12. The van der Waals surface area contributed by atoms with Crippen molar-refractivity contribution >= 4 is 39.0 Å². The molecule has 104 valence electrons. The average Bonchev–Trinajstić information content (AvgIpc) is 2.38. The predicted octanol–water partition coefficient (Wildman–Crippen LogP) is 1.95. The Morgan fingerprint density at radius 2 is 2.05 bits per heavy atom. The fraction of sp³-hybridized carbons (Fsp3) is 0.538. The van der Waals surface area contributed by atoms with Gasteiger partial charge in [0.15, 0.2) is 0 Å². The predicted molar refractivity (Wildman–Crippen MR) is 86.7 cm³/mol. The molecule has 2 heterocycles. The molecule has 0 radical (unpaired) electrons. The number of aromatic nitrogens is 1. The highest BCUT2D eigenvalue weighted by atomic mass is 79.9. The summed E-state index contributed by atoms with van der Waals surface area (Å²) in [7, 11) is 0. The van der Waals surface area contributed by atoms with Crippen molar-refractivity contribution in [3.63, 3.8) is 0 Å². The van der Waals surface area contributed by atoms with Crippen molar-refractivity contribution in [2.24, 2.45) is 5.73 Å². The van der Waals surface area contributed by atoms with Crippen LogP contribution in [0.2, 0.25) is 0 Å². The number of aryl methyl sites for hydroxylation is 1. The molecule has 0 aromatic carbocycles. The lowest BCUT2D eigenvalue weighted by atomic mass is 10.2. The van der Waals surface area contributed by atoms with Gasteiger partial charge in [0, 0.05) is 32.4 Å². The molecule has 6 heteroatoms. The van der Waals surface area contributed by atoms with E-state index in [1.165, 1.54) is 0 Å². The molecule has 2 rings (SSSR count). The van der Waals surface area contributed by atoms with Crippen molar-refractivity contribution in [3.8, 4) is 0 Å². The van der Waals surface area contributed by atoms with Gasteiger partial charge in [-0.15, -0.1) is 0 Å². The number of nitrogens with two attached hydrogens (primary N) is 1. The van der Waals surface area contributed by atoms with Gasteiger partial charge in [-0.2, -0.15) is 0 Å². The monoisotopic (exact) mass is 342 g/mol. The summed E-state index contributed by atoms with van der Waals surface area (Å²) >= 11 is 8.65. The van der Waals surface area contributed by atoms with Gasteiger partial charge in [0.05, 0.1) is 15.5 Å². The molecule has 0 saturated carbocycles. The molecule has 0 spiro atoms. The lowest BCUT2D eigenvalue weighted by Gasteiger charge is -2.38. The van der Waals surface area contributed by atoms with Crippen LogP contribution in [0.3, 0.4) is 0 Å². The third-order valence-electron chi connectivity index (χ3n) is 3.53. The van der Waals surface area contributed by atoms with Crippen LogP contribution in [0.15, 0.2) is 16.7 Å². The maximum absolute atomic E-state index is 5.71. The van der Waals surface area contributed by atoms with E-state index in [0.29, 0.717) is 4.99 Å². The summed E-state index contributed by atoms with van der Waals surface area (Å²) in [6, 6.07) is 2.28. The molecule has 1 atom stereocenters. The van der Waals surface area contributed by atoms with Gasteiger partial charge in [-0.25, -0.2) is 4.98 Å². The number of hydrogen-bond donors (Lipinski definition) is 1. The smallest absolute Gasteiger partial charge is 0.142 e. The molecular formula is C13H19BrN4S. The number of halogens is 1. The standard InChI is InChI=1S/C13H19BrN4S/c1-9-7-11(14)13(16-8-9)18-5-3-17(4-6-18)10(2)12(15)19/h7-8,10H,3-6H2,1-2H3,(H2,15,19). The van der Waals surface area contributed by atoms with Crippen LogP contribution in [0.1, 0.15) is 12.5 Å². The first-order valence-corrected chi connectivity index (χ1v) is 7.59. The molecule has 4 nitrogen and oxygen atoms in total. The molecule has 1 fully saturated rings. The van der Waals surface area contributed by atoms with Crippen LogP contribution in [0.5, 0.6) is 0 Å². The van der Waals surface area contributed by atoms with Gasteiger partial charge in [0.25, 0.3) is 0 Å². The van der Waals surface area contributed by atoms with E-state index in [1.807, 2.05) is 13.1 Å². The number of pyridine rings is 1. The Labute approximate surface area is 128 Å². The lowest BCUT2D eigenvalue weighted by molar-refractivity contribution is 0.238. The quantitative estimate of drug-likeness (QED) is 0.850.